The third kappa shape index (κ3) is 3.23. The molecule has 0 aliphatic carbocycles. The molecule has 0 radical (unpaired) electrons. The number of aromatic nitrogens is 5. The molecule has 31 heavy (non-hydrogen) atoms. The first kappa shape index (κ1) is 18.7. The van der Waals surface area contributed by atoms with E-state index in [2.05, 4.69) is 22.1 Å². The molecule has 3 aromatic heterocycles. The number of hydrogen-bond donors (Lipinski definition) is 0. The summed E-state index contributed by atoms with van der Waals surface area (Å²) in [6.45, 7) is 5.46. The van der Waals surface area contributed by atoms with Crippen LogP contribution in [-0.2, 0) is 11.3 Å². The maximum atomic E-state index is 6.07. The fourth-order valence-electron chi connectivity index (χ4n) is 4.66. The van der Waals surface area contributed by atoms with Crippen molar-refractivity contribution < 1.29 is 9.26 Å². The zero-order chi connectivity index (χ0) is 20.8. The molecule has 2 atom stereocenters. The number of benzene rings is 1. The first-order valence-electron chi connectivity index (χ1n) is 10.9. The van der Waals surface area contributed by atoms with Crippen LogP contribution in [0, 0.1) is 0 Å². The van der Waals surface area contributed by atoms with Crippen LogP contribution in [0.15, 0.2) is 47.1 Å². The summed E-state index contributed by atoms with van der Waals surface area (Å²) in [5, 5.41) is 9.69. The molecule has 0 saturated carbocycles. The summed E-state index contributed by atoms with van der Waals surface area (Å²) in [4.78, 5) is 12.1. The highest BCUT2D eigenvalue weighted by Gasteiger charge is 2.35. The van der Waals surface area contributed by atoms with E-state index in [0.717, 1.165) is 54.1 Å². The lowest BCUT2D eigenvalue weighted by atomic mass is 10.1. The van der Waals surface area contributed by atoms with E-state index in [1.165, 1.54) is 12.8 Å². The normalized spacial score (nSPS) is 21.6. The van der Waals surface area contributed by atoms with Crippen molar-refractivity contribution in [1.29, 1.82) is 0 Å². The van der Waals surface area contributed by atoms with Gasteiger partial charge in [-0.3, -0.25) is 4.90 Å². The van der Waals surface area contributed by atoms with Crippen LogP contribution < -0.4 is 0 Å². The highest BCUT2D eigenvalue weighted by atomic mass is 16.5. The van der Waals surface area contributed by atoms with Gasteiger partial charge in [-0.15, -0.1) is 0 Å². The van der Waals surface area contributed by atoms with E-state index in [1.807, 2.05) is 47.3 Å². The summed E-state index contributed by atoms with van der Waals surface area (Å²) in [5.74, 6) is 1.08. The van der Waals surface area contributed by atoms with Crippen LogP contribution >= 0.6 is 0 Å². The Morgan fingerprint density at radius 3 is 2.94 bits per heavy atom. The highest BCUT2D eigenvalue weighted by Crippen LogP contribution is 2.33. The van der Waals surface area contributed by atoms with Gasteiger partial charge >= 0.3 is 0 Å². The standard InChI is InChI=1S/C23H24N6O2/c1-2-29-22-18(12-24-29)17(11-19(25-22)15-7-4-3-5-8-15)23-26-21(27-31-23)20-13-28-10-6-9-16(28)14-30-20/h3-5,7-8,11-12,16,20H,2,6,9-10,13-14H2,1H3. The molecule has 0 spiro atoms. The zero-order valence-corrected chi connectivity index (χ0v) is 17.4. The molecular weight excluding hydrogens is 392 g/mol. The largest absolute Gasteiger partial charge is 0.367 e. The number of ether oxygens (including phenoxy) is 1. The SMILES string of the molecule is CCn1ncc2c(-c3nc(C4CN5CCCC5CO4)no3)cc(-c3ccccc3)nc21. The van der Waals surface area contributed by atoms with Gasteiger partial charge in [-0.05, 0) is 32.4 Å². The van der Waals surface area contributed by atoms with Gasteiger partial charge in [0.1, 0.15) is 6.10 Å². The Kier molecular flexibility index (Phi) is 4.54. The fraction of sp³-hybridized carbons (Fsp3) is 0.391. The van der Waals surface area contributed by atoms with Crippen LogP contribution in [0.2, 0.25) is 0 Å². The molecule has 2 unspecified atom stereocenters. The lowest BCUT2D eigenvalue weighted by Crippen LogP contribution is -2.42. The van der Waals surface area contributed by atoms with Crippen molar-refractivity contribution in [2.45, 2.75) is 38.5 Å². The van der Waals surface area contributed by atoms with Crippen molar-refractivity contribution in [2.24, 2.45) is 0 Å². The molecule has 0 amide bonds. The van der Waals surface area contributed by atoms with Gasteiger partial charge in [0.2, 0.25) is 5.82 Å². The maximum Gasteiger partial charge on any atom is 0.258 e. The average molecular weight is 416 g/mol. The molecule has 6 rings (SSSR count). The number of hydrogen-bond acceptors (Lipinski definition) is 7. The van der Waals surface area contributed by atoms with E-state index < -0.39 is 0 Å². The van der Waals surface area contributed by atoms with E-state index in [1.54, 1.807) is 0 Å². The lowest BCUT2D eigenvalue weighted by Gasteiger charge is -2.33. The van der Waals surface area contributed by atoms with Crippen LogP contribution in [0.25, 0.3) is 33.7 Å². The van der Waals surface area contributed by atoms with Gasteiger partial charge in [0.15, 0.2) is 5.65 Å². The third-order valence-corrected chi connectivity index (χ3v) is 6.33. The minimum absolute atomic E-state index is 0.156. The van der Waals surface area contributed by atoms with Gasteiger partial charge in [-0.2, -0.15) is 10.1 Å². The second kappa shape index (κ2) is 7.55. The number of morpholine rings is 1. The van der Waals surface area contributed by atoms with Crippen molar-refractivity contribution in [2.75, 3.05) is 19.7 Å². The molecule has 1 aromatic carbocycles. The minimum atomic E-state index is -0.156. The van der Waals surface area contributed by atoms with Crippen LogP contribution in [0.5, 0.6) is 0 Å². The molecule has 0 N–H and O–H groups in total. The summed E-state index contributed by atoms with van der Waals surface area (Å²) in [7, 11) is 0. The van der Waals surface area contributed by atoms with Crippen molar-refractivity contribution in [3.63, 3.8) is 0 Å². The summed E-state index contributed by atoms with van der Waals surface area (Å²) in [6.07, 6.45) is 4.11. The van der Waals surface area contributed by atoms with Crippen molar-refractivity contribution in [3.8, 4) is 22.7 Å². The topological polar surface area (TPSA) is 82.1 Å². The minimum Gasteiger partial charge on any atom is -0.367 e. The Balaban J connectivity index is 1.41. The van der Waals surface area contributed by atoms with Crippen LogP contribution in [-0.4, -0.2) is 55.5 Å². The molecule has 2 saturated heterocycles. The number of nitrogens with zero attached hydrogens (tertiary/aromatic N) is 6. The summed E-state index contributed by atoms with van der Waals surface area (Å²) >= 11 is 0. The zero-order valence-electron chi connectivity index (χ0n) is 17.4. The molecule has 8 heteroatoms. The highest BCUT2D eigenvalue weighted by molar-refractivity contribution is 5.92. The average Bonchev–Trinajstić information content (AvgIpc) is 3.57. The Hall–Kier alpha value is -3.10. The Labute approximate surface area is 179 Å². The Bertz CT molecular complexity index is 1220. The second-order valence-corrected chi connectivity index (χ2v) is 8.19. The molecule has 0 bridgehead atoms. The molecule has 2 aliphatic rings. The van der Waals surface area contributed by atoms with Crippen LogP contribution in [0.4, 0.5) is 0 Å². The number of fused-ring (bicyclic) bond motifs is 2. The second-order valence-electron chi connectivity index (χ2n) is 8.19. The third-order valence-electron chi connectivity index (χ3n) is 6.33. The van der Waals surface area contributed by atoms with Crippen LogP contribution in [0.1, 0.15) is 31.7 Å². The number of pyridine rings is 1. The maximum absolute atomic E-state index is 6.07. The Morgan fingerprint density at radius 1 is 1.16 bits per heavy atom. The summed E-state index contributed by atoms with van der Waals surface area (Å²) < 4.78 is 13.7. The first-order chi connectivity index (χ1) is 15.3. The Morgan fingerprint density at radius 2 is 2.06 bits per heavy atom. The molecule has 5 heterocycles. The van der Waals surface area contributed by atoms with E-state index in [9.17, 15) is 0 Å². The van der Waals surface area contributed by atoms with Gasteiger partial charge in [0, 0.05) is 24.7 Å². The molecule has 4 aromatic rings. The molecule has 158 valence electrons. The molecule has 8 nitrogen and oxygen atoms in total. The lowest BCUT2D eigenvalue weighted by molar-refractivity contribution is -0.0548. The van der Waals surface area contributed by atoms with Crippen LogP contribution in [0.3, 0.4) is 0 Å². The predicted molar refractivity (Wildman–Crippen MR) is 115 cm³/mol. The van der Waals surface area contributed by atoms with E-state index in [-0.39, 0.29) is 6.10 Å². The van der Waals surface area contributed by atoms with Crippen molar-refractivity contribution in [3.05, 3.63) is 48.4 Å². The van der Waals surface area contributed by atoms with Gasteiger partial charge in [0.25, 0.3) is 5.89 Å². The number of rotatable bonds is 4. The fourth-order valence-corrected chi connectivity index (χ4v) is 4.66. The predicted octanol–water partition coefficient (Wildman–Crippen LogP) is 3.70. The molecular formula is C23H24N6O2. The van der Waals surface area contributed by atoms with Gasteiger partial charge in [-0.1, -0.05) is 35.5 Å². The van der Waals surface area contributed by atoms with Crippen molar-refractivity contribution >= 4 is 11.0 Å². The van der Waals surface area contributed by atoms with Gasteiger partial charge in [-0.25, -0.2) is 9.67 Å². The van der Waals surface area contributed by atoms with Gasteiger partial charge < -0.3 is 9.26 Å². The summed E-state index contributed by atoms with van der Waals surface area (Å²) in [5.41, 5.74) is 3.54. The van der Waals surface area contributed by atoms with E-state index in [0.29, 0.717) is 17.8 Å². The molecule has 2 aliphatic heterocycles. The summed E-state index contributed by atoms with van der Waals surface area (Å²) in [6, 6.07) is 12.7. The van der Waals surface area contributed by atoms with E-state index in [4.69, 9.17) is 19.2 Å². The quantitative estimate of drug-likeness (QED) is 0.502. The number of aryl methyl sites for hydroxylation is 1. The first-order valence-corrected chi connectivity index (χ1v) is 10.9. The smallest absolute Gasteiger partial charge is 0.258 e. The van der Waals surface area contributed by atoms with Crippen molar-refractivity contribution in [1.82, 2.24) is 29.8 Å². The van der Waals surface area contributed by atoms with Gasteiger partial charge in [0.05, 0.1) is 29.4 Å². The monoisotopic (exact) mass is 416 g/mol. The van der Waals surface area contributed by atoms with E-state index >= 15 is 0 Å². The molecule has 2 fully saturated rings.